The Hall–Kier alpha value is -2.42. The van der Waals surface area contributed by atoms with Crippen molar-refractivity contribution in [3.63, 3.8) is 0 Å². The van der Waals surface area contributed by atoms with Gasteiger partial charge in [0.15, 0.2) is 5.82 Å². The molecule has 0 radical (unpaired) electrons. The number of pyridine rings is 1. The van der Waals surface area contributed by atoms with Crippen LogP contribution in [0, 0.1) is 11.6 Å². The van der Waals surface area contributed by atoms with E-state index in [0.717, 1.165) is 24.3 Å². The summed E-state index contributed by atoms with van der Waals surface area (Å²) in [7, 11) is 0. The van der Waals surface area contributed by atoms with Crippen LogP contribution in [0.5, 0.6) is 0 Å². The summed E-state index contributed by atoms with van der Waals surface area (Å²) in [5.74, 6) is -0.660. The third-order valence-electron chi connectivity index (χ3n) is 5.20. The molecule has 4 heterocycles. The van der Waals surface area contributed by atoms with Crippen LogP contribution in [0.4, 0.5) is 8.78 Å². The van der Waals surface area contributed by atoms with E-state index in [0.29, 0.717) is 24.4 Å². The van der Waals surface area contributed by atoms with Crippen molar-refractivity contribution in [2.45, 2.75) is 25.3 Å². The molecule has 0 bridgehead atoms. The molecule has 0 N–H and O–H groups in total. The summed E-state index contributed by atoms with van der Waals surface area (Å²) in [5, 5.41) is 8.51. The predicted octanol–water partition coefficient (Wildman–Crippen LogP) is 3.00. The third kappa shape index (κ3) is 3.28. The SMILES string of the molecule is Cl.Fc1ccc(CN2C[C@@H]3OCc4c(-c5ccncc5F)nnn4[C@H]3C2)cc1. The Morgan fingerprint density at radius 1 is 1.11 bits per heavy atom. The molecule has 0 saturated carbocycles. The molecule has 5 rings (SSSR count). The molecular formula is C19H18ClF2N5O. The number of benzene rings is 1. The number of fused-ring (bicyclic) bond motifs is 3. The Labute approximate surface area is 166 Å². The Balaban J connectivity index is 0.00000192. The summed E-state index contributed by atoms with van der Waals surface area (Å²) in [4.78, 5) is 6.04. The van der Waals surface area contributed by atoms with Gasteiger partial charge in [-0.05, 0) is 23.8 Å². The highest BCUT2D eigenvalue weighted by atomic mass is 35.5. The fraction of sp³-hybridized carbons (Fsp3) is 0.316. The van der Waals surface area contributed by atoms with Gasteiger partial charge in [0.1, 0.15) is 11.5 Å². The lowest BCUT2D eigenvalue weighted by atomic mass is 10.1. The van der Waals surface area contributed by atoms with Gasteiger partial charge in [0, 0.05) is 31.4 Å². The van der Waals surface area contributed by atoms with E-state index in [2.05, 4.69) is 20.2 Å². The fourth-order valence-electron chi connectivity index (χ4n) is 3.89. The van der Waals surface area contributed by atoms with Crippen molar-refractivity contribution in [3.8, 4) is 11.3 Å². The van der Waals surface area contributed by atoms with E-state index in [9.17, 15) is 8.78 Å². The molecule has 2 atom stereocenters. The van der Waals surface area contributed by atoms with E-state index in [-0.39, 0.29) is 30.4 Å². The summed E-state index contributed by atoms with van der Waals surface area (Å²) in [6.07, 6.45) is 2.72. The molecule has 0 spiro atoms. The molecule has 2 aliphatic rings. The smallest absolute Gasteiger partial charge is 0.150 e. The lowest BCUT2D eigenvalue weighted by molar-refractivity contribution is -0.00494. The van der Waals surface area contributed by atoms with Gasteiger partial charge in [0.05, 0.1) is 30.6 Å². The maximum Gasteiger partial charge on any atom is 0.150 e. The molecule has 2 aliphatic heterocycles. The Morgan fingerprint density at radius 2 is 1.93 bits per heavy atom. The molecular weight excluding hydrogens is 388 g/mol. The zero-order valence-electron chi connectivity index (χ0n) is 14.8. The molecule has 6 nitrogen and oxygen atoms in total. The van der Waals surface area contributed by atoms with Crippen LogP contribution in [-0.2, 0) is 17.9 Å². The van der Waals surface area contributed by atoms with Crippen LogP contribution >= 0.6 is 12.4 Å². The van der Waals surface area contributed by atoms with Crippen LogP contribution in [0.2, 0.25) is 0 Å². The molecule has 28 heavy (non-hydrogen) atoms. The van der Waals surface area contributed by atoms with E-state index < -0.39 is 5.82 Å². The van der Waals surface area contributed by atoms with E-state index in [1.165, 1.54) is 24.5 Å². The lowest BCUT2D eigenvalue weighted by Gasteiger charge is -2.26. The second kappa shape index (κ2) is 7.54. The molecule has 3 aromatic rings. The average molecular weight is 406 g/mol. The normalized spacial score (nSPS) is 21.1. The van der Waals surface area contributed by atoms with Crippen LogP contribution in [0.25, 0.3) is 11.3 Å². The molecule has 0 amide bonds. The molecule has 9 heteroatoms. The van der Waals surface area contributed by atoms with Gasteiger partial charge in [-0.25, -0.2) is 13.5 Å². The van der Waals surface area contributed by atoms with Crippen LogP contribution in [0.1, 0.15) is 17.3 Å². The maximum atomic E-state index is 14.1. The molecule has 146 valence electrons. The fourth-order valence-corrected chi connectivity index (χ4v) is 3.89. The van der Waals surface area contributed by atoms with Crippen molar-refractivity contribution in [1.82, 2.24) is 24.9 Å². The first-order valence-electron chi connectivity index (χ1n) is 8.81. The minimum absolute atomic E-state index is 0. The van der Waals surface area contributed by atoms with Crippen molar-refractivity contribution in [2.75, 3.05) is 13.1 Å². The Bertz CT molecular complexity index is 981. The zero-order valence-corrected chi connectivity index (χ0v) is 15.6. The summed E-state index contributed by atoms with van der Waals surface area (Å²) in [6, 6.07) is 8.16. The second-order valence-electron chi connectivity index (χ2n) is 6.92. The summed E-state index contributed by atoms with van der Waals surface area (Å²) in [6.45, 7) is 2.57. The van der Waals surface area contributed by atoms with E-state index >= 15 is 0 Å². The highest BCUT2D eigenvalue weighted by molar-refractivity contribution is 5.85. The Morgan fingerprint density at radius 3 is 2.71 bits per heavy atom. The van der Waals surface area contributed by atoms with Crippen molar-refractivity contribution < 1.29 is 13.5 Å². The number of nitrogens with zero attached hydrogens (tertiary/aromatic N) is 5. The number of rotatable bonds is 3. The van der Waals surface area contributed by atoms with Crippen LogP contribution < -0.4 is 0 Å². The quantitative estimate of drug-likeness (QED) is 0.670. The van der Waals surface area contributed by atoms with Crippen LogP contribution in [-0.4, -0.2) is 44.1 Å². The molecule has 1 aromatic carbocycles. The van der Waals surface area contributed by atoms with Gasteiger partial charge in [-0.1, -0.05) is 17.3 Å². The summed E-state index contributed by atoms with van der Waals surface area (Å²) >= 11 is 0. The Kier molecular flexibility index (Phi) is 5.09. The van der Waals surface area contributed by atoms with Gasteiger partial charge < -0.3 is 4.74 Å². The summed E-state index contributed by atoms with van der Waals surface area (Å²) in [5.41, 5.74) is 2.72. The first-order chi connectivity index (χ1) is 13.2. The molecule has 0 aliphatic carbocycles. The second-order valence-corrected chi connectivity index (χ2v) is 6.92. The number of hydrogen-bond donors (Lipinski definition) is 0. The standard InChI is InChI=1S/C19H17F2N5O.ClH/c20-13-3-1-12(2-4-13)8-25-9-16-18(10-25)27-11-17-19(23-24-26(16)17)14-5-6-22-7-15(14)21;/h1-7,16,18H,8-11H2;1H/t16-,18-;/m0./s1. The highest BCUT2D eigenvalue weighted by Gasteiger charge is 2.40. The monoisotopic (exact) mass is 405 g/mol. The van der Waals surface area contributed by atoms with Crippen molar-refractivity contribution in [3.05, 3.63) is 65.6 Å². The molecule has 1 saturated heterocycles. The number of ether oxygens (including phenoxy) is 1. The van der Waals surface area contributed by atoms with Gasteiger partial charge in [0.2, 0.25) is 0 Å². The first kappa shape index (κ1) is 18.9. The van der Waals surface area contributed by atoms with Crippen molar-refractivity contribution in [2.24, 2.45) is 0 Å². The first-order valence-corrected chi connectivity index (χ1v) is 8.81. The predicted molar refractivity (Wildman–Crippen MR) is 99.8 cm³/mol. The highest BCUT2D eigenvalue weighted by Crippen LogP contribution is 2.35. The van der Waals surface area contributed by atoms with Crippen molar-refractivity contribution >= 4 is 12.4 Å². The summed E-state index contributed by atoms with van der Waals surface area (Å²) < 4.78 is 35.1. The van der Waals surface area contributed by atoms with Crippen molar-refractivity contribution in [1.29, 1.82) is 0 Å². The zero-order chi connectivity index (χ0) is 18.4. The number of aromatic nitrogens is 4. The molecule has 1 fully saturated rings. The van der Waals surface area contributed by atoms with Gasteiger partial charge in [-0.15, -0.1) is 17.5 Å². The largest absolute Gasteiger partial charge is 0.368 e. The third-order valence-corrected chi connectivity index (χ3v) is 5.20. The van der Waals surface area contributed by atoms with E-state index in [1.807, 2.05) is 4.68 Å². The van der Waals surface area contributed by atoms with E-state index in [4.69, 9.17) is 4.74 Å². The van der Waals surface area contributed by atoms with Gasteiger partial charge in [0.25, 0.3) is 0 Å². The van der Waals surface area contributed by atoms with Crippen LogP contribution in [0.3, 0.4) is 0 Å². The minimum Gasteiger partial charge on any atom is -0.368 e. The van der Waals surface area contributed by atoms with Gasteiger partial charge >= 0.3 is 0 Å². The van der Waals surface area contributed by atoms with Gasteiger partial charge in [-0.2, -0.15) is 0 Å². The molecule has 2 aromatic heterocycles. The average Bonchev–Trinajstić information content (AvgIpc) is 3.27. The topological polar surface area (TPSA) is 56.1 Å². The van der Waals surface area contributed by atoms with Gasteiger partial charge in [-0.3, -0.25) is 9.88 Å². The minimum atomic E-state index is -0.424. The lowest BCUT2D eigenvalue weighted by Crippen LogP contribution is -2.32. The number of likely N-dealkylation sites (tertiary alicyclic amines) is 1. The van der Waals surface area contributed by atoms with Crippen LogP contribution in [0.15, 0.2) is 42.7 Å². The maximum absolute atomic E-state index is 14.1. The molecule has 0 unspecified atom stereocenters. The number of hydrogen-bond acceptors (Lipinski definition) is 5. The van der Waals surface area contributed by atoms with E-state index in [1.54, 1.807) is 18.2 Å². The number of halogens is 3.